The highest BCUT2D eigenvalue weighted by molar-refractivity contribution is 5.53. The average molecular weight is 304 g/mol. The monoisotopic (exact) mass is 304 g/mol. The molecule has 122 valence electrons. The number of benzene rings is 1. The van der Waals surface area contributed by atoms with E-state index in [1.165, 1.54) is 5.57 Å². The fourth-order valence-corrected chi connectivity index (χ4v) is 2.66. The lowest BCUT2D eigenvalue weighted by atomic mass is 9.73. The standard InChI is InChI=1S/C19H28O3/c1-14(2)7-8-19(4,12-15(3)13-20)16-9-17(21-5)11-18(10-16)22-6/h7,9-11,13,15H,8,12H2,1-6H3. The predicted molar refractivity (Wildman–Crippen MR) is 90.8 cm³/mol. The summed E-state index contributed by atoms with van der Waals surface area (Å²) in [5, 5.41) is 0. The molecule has 0 N–H and O–H groups in total. The van der Waals surface area contributed by atoms with Gasteiger partial charge in [-0.2, -0.15) is 0 Å². The van der Waals surface area contributed by atoms with Crippen LogP contribution in [0.3, 0.4) is 0 Å². The first kappa shape index (κ1) is 18.3. The van der Waals surface area contributed by atoms with Crippen LogP contribution in [0.15, 0.2) is 29.8 Å². The molecule has 0 aliphatic heterocycles. The maximum absolute atomic E-state index is 11.1. The van der Waals surface area contributed by atoms with Crippen molar-refractivity contribution >= 4 is 6.29 Å². The zero-order valence-corrected chi connectivity index (χ0v) is 14.6. The Bertz CT molecular complexity index is 507. The molecule has 0 bridgehead atoms. The Balaban J connectivity index is 3.30. The lowest BCUT2D eigenvalue weighted by Crippen LogP contribution is -2.25. The normalized spacial score (nSPS) is 14.6. The van der Waals surface area contributed by atoms with Crippen molar-refractivity contribution in [2.45, 2.75) is 46.0 Å². The smallest absolute Gasteiger partial charge is 0.122 e. The molecule has 1 rings (SSSR count). The minimum Gasteiger partial charge on any atom is -0.497 e. The SMILES string of the molecule is COc1cc(OC)cc(C(C)(CC=C(C)C)CC(C)C=O)c1. The molecule has 22 heavy (non-hydrogen) atoms. The van der Waals surface area contributed by atoms with E-state index in [1.807, 2.05) is 25.1 Å². The number of hydrogen-bond donors (Lipinski definition) is 0. The molecule has 0 aliphatic carbocycles. The molecule has 3 heteroatoms. The summed E-state index contributed by atoms with van der Waals surface area (Å²) in [6.07, 6.45) is 4.92. The number of rotatable bonds is 8. The Morgan fingerprint density at radius 2 is 1.73 bits per heavy atom. The Labute approximate surface area is 134 Å². The number of carbonyl (C=O) groups is 1. The molecule has 0 spiro atoms. The maximum Gasteiger partial charge on any atom is 0.122 e. The molecule has 3 nitrogen and oxygen atoms in total. The van der Waals surface area contributed by atoms with Crippen molar-refractivity contribution in [2.75, 3.05) is 14.2 Å². The van der Waals surface area contributed by atoms with Gasteiger partial charge in [-0.05, 0) is 49.8 Å². The molecule has 0 saturated heterocycles. The third kappa shape index (κ3) is 4.90. The Morgan fingerprint density at radius 1 is 1.18 bits per heavy atom. The van der Waals surface area contributed by atoms with Gasteiger partial charge in [0.25, 0.3) is 0 Å². The quantitative estimate of drug-likeness (QED) is 0.522. The van der Waals surface area contributed by atoms with Crippen LogP contribution in [0.4, 0.5) is 0 Å². The van der Waals surface area contributed by atoms with Gasteiger partial charge in [0.2, 0.25) is 0 Å². The fourth-order valence-electron chi connectivity index (χ4n) is 2.66. The number of allylic oxidation sites excluding steroid dienone is 2. The van der Waals surface area contributed by atoms with Crippen LogP contribution in [0.1, 0.15) is 46.1 Å². The molecule has 2 unspecified atom stereocenters. The molecule has 0 fully saturated rings. The lowest BCUT2D eigenvalue weighted by Gasteiger charge is -2.31. The van der Waals surface area contributed by atoms with Gasteiger partial charge in [-0.3, -0.25) is 0 Å². The summed E-state index contributed by atoms with van der Waals surface area (Å²) in [6, 6.07) is 5.95. The van der Waals surface area contributed by atoms with Gasteiger partial charge in [0.15, 0.2) is 0 Å². The van der Waals surface area contributed by atoms with E-state index in [1.54, 1.807) is 14.2 Å². The summed E-state index contributed by atoms with van der Waals surface area (Å²) in [6.45, 7) is 8.34. The zero-order chi connectivity index (χ0) is 16.8. The Morgan fingerprint density at radius 3 is 2.14 bits per heavy atom. The van der Waals surface area contributed by atoms with E-state index in [9.17, 15) is 4.79 Å². The summed E-state index contributed by atoms with van der Waals surface area (Å²) in [4.78, 5) is 11.1. The van der Waals surface area contributed by atoms with Gasteiger partial charge in [0.05, 0.1) is 14.2 Å². The molecule has 0 aromatic heterocycles. The first-order valence-electron chi connectivity index (χ1n) is 7.67. The number of hydrogen-bond acceptors (Lipinski definition) is 3. The van der Waals surface area contributed by atoms with E-state index in [0.29, 0.717) is 0 Å². The van der Waals surface area contributed by atoms with Crippen LogP contribution in [0.2, 0.25) is 0 Å². The molecular weight excluding hydrogens is 276 g/mol. The van der Waals surface area contributed by atoms with Crippen LogP contribution in [0.25, 0.3) is 0 Å². The molecular formula is C19H28O3. The van der Waals surface area contributed by atoms with Gasteiger partial charge in [0.1, 0.15) is 17.8 Å². The van der Waals surface area contributed by atoms with Crippen molar-refractivity contribution in [3.63, 3.8) is 0 Å². The number of aldehydes is 1. The van der Waals surface area contributed by atoms with E-state index in [4.69, 9.17) is 9.47 Å². The molecule has 0 heterocycles. The zero-order valence-electron chi connectivity index (χ0n) is 14.6. The summed E-state index contributed by atoms with van der Waals surface area (Å²) < 4.78 is 10.8. The van der Waals surface area contributed by atoms with Crippen LogP contribution in [0.5, 0.6) is 11.5 Å². The van der Waals surface area contributed by atoms with Crippen LogP contribution < -0.4 is 9.47 Å². The molecule has 1 aromatic rings. The first-order chi connectivity index (χ1) is 10.3. The van der Waals surface area contributed by atoms with Crippen molar-refractivity contribution in [1.29, 1.82) is 0 Å². The average Bonchev–Trinajstić information content (AvgIpc) is 2.52. The first-order valence-corrected chi connectivity index (χ1v) is 7.67. The highest BCUT2D eigenvalue weighted by atomic mass is 16.5. The van der Waals surface area contributed by atoms with Crippen LogP contribution in [-0.4, -0.2) is 20.5 Å². The third-order valence-corrected chi connectivity index (χ3v) is 4.01. The molecule has 0 aliphatic rings. The van der Waals surface area contributed by atoms with Crippen molar-refractivity contribution in [3.05, 3.63) is 35.4 Å². The molecule has 0 radical (unpaired) electrons. The van der Waals surface area contributed by atoms with E-state index in [0.717, 1.165) is 36.2 Å². The highest BCUT2D eigenvalue weighted by Crippen LogP contribution is 2.38. The maximum atomic E-state index is 11.1. The van der Waals surface area contributed by atoms with E-state index in [-0.39, 0.29) is 11.3 Å². The van der Waals surface area contributed by atoms with Gasteiger partial charge < -0.3 is 14.3 Å². The Kier molecular flexibility index (Phi) is 6.66. The second-order valence-electron chi connectivity index (χ2n) is 6.47. The second kappa shape index (κ2) is 8.02. The molecule has 0 saturated carbocycles. The summed E-state index contributed by atoms with van der Waals surface area (Å²) in [7, 11) is 3.31. The van der Waals surface area contributed by atoms with Crippen LogP contribution in [0, 0.1) is 5.92 Å². The van der Waals surface area contributed by atoms with Crippen molar-refractivity contribution in [2.24, 2.45) is 5.92 Å². The minimum absolute atomic E-state index is 0.00718. The van der Waals surface area contributed by atoms with Crippen molar-refractivity contribution in [1.82, 2.24) is 0 Å². The van der Waals surface area contributed by atoms with Gasteiger partial charge in [-0.25, -0.2) is 0 Å². The van der Waals surface area contributed by atoms with Gasteiger partial charge in [-0.15, -0.1) is 0 Å². The molecule has 2 atom stereocenters. The van der Waals surface area contributed by atoms with Crippen molar-refractivity contribution in [3.8, 4) is 11.5 Å². The number of carbonyl (C=O) groups excluding carboxylic acids is 1. The Hall–Kier alpha value is -1.77. The van der Waals surface area contributed by atoms with Crippen LogP contribution in [-0.2, 0) is 10.2 Å². The molecule has 0 amide bonds. The molecule has 1 aromatic carbocycles. The number of methoxy groups -OCH3 is 2. The lowest BCUT2D eigenvalue weighted by molar-refractivity contribution is -0.111. The van der Waals surface area contributed by atoms with Gasteiger partial charge in [0, 0.05) is 12.0 Å². The number of ether oxygens (including phenoxy) is 2. The fraction of sp³-hybridized carbons (Fsp3) is 0.526. The minimum atomic E-state index is -0.139. The summed E-state index contributed by atoms with van der Waals surface area (Å²) in [5.74, 6) is 1.56. The van der Waals surface area contributed by atoms with Gasteiger partial charge >= 0.3 is 0 Å². The van der Waals surface area contributed by atoms with Crippen LogP contribution >= 0.6 is 0 Å². The van der Waals surface area contributed by atoms with E-state index >= 15 is 0 Å². The summed E-state index contributed by atoms with van der Waals surface area (Å²) >= 11 is 0. The highest BCUT2D eigenvalue weighted by Gasteiger charge is 2.29. The second-order valence-corrected chi connectivity index (χ2v) is 6.47. The predicted octanol–water partition coefficient (Wildman–Crippen LogP) is 4.54. The van der Waals surface area contributed by atoms with Crippen molar-refractivity contribution < 1.29 is 14.3 Å². The van der Waals surface area contributed by atoms with E-state index in [2.05, 4.69) is 26.8 Å². The largest absolute Gasteiger partial charge is 0.497 e. The third-order valence-electron chi connectivity index (χ3n) is 4.01. The topological polar surface area (TPSA) is 35.5 Å². The van der Waals surface area contributed by atoms with Gasteiger partial charge in [-0.1, -0.05) is 25.5 Å². The summed E-state index contributed by atoms with van der Waals surface area (Å²) in [5.41, 5.74) is 2.27. The van der Waals surface area contributed by atoms with E-state index < -0.39 is 0 Å².